The maximum absolute atomic E-state index is 13.0. The van der Waals surface area contributed by atoms with Crippen LogP contribution in [0.4, 0.5) is 0 Å². The zero-order chi connectivity index (χ0) is 23.0. The molecule has 8 heteroatoms. The molecule has 33 heavy (non-hydrogen) atoms. The molecule has 0 aliphatic carbocycles. The number of aromatic nitrogens is 7. The molecule has 2 aromatic heterocycles. The first-order valence-corrected chi connectivity index (χ1v) is 11.4. The Morgan fingerprint density at radius 3 is 2.52 bits per heavy atom. The predicted molar refractivity (Wildman–Crippen MR) is 129 cm³/mol. The molecule has 0 saturated heterocycles. The molecule has 0 atom stereocenters. The average Bonchev–Trinajstić information content (AvgIpc) is 3.48. The van der Waals surface area contributed by atoms with E-state index in [0.717, 1.165) is 47.3 Å². The topological polar surface area (TPSA) is 94.3 Å². The summed E-state index contributed by atoms with van der Waals surface area (Å²) < 4.78 is 3.40. The normalized spacial score (nSPS) is 11.5. The van der Waals surface area contributed by atoms with Gasteiger partial charge in [-0.05, 0) is 40.5 Å². The molecule has 0 aliphatic rings. The van der Waals surface area contributed by atoms with Crippen LogP contribution >= 0.6 is 0 Å². The SMILES string of the molecule is CC=CCc1nn(CCCCC)c(=O)n1Cc1ccc(-c2ccccc2-c2nnn[nH]2)cc1. The van der Waals surface area contributed by atoms with Crippen LogP contribution in [-0.4, -0.2) is 35.0 Å². The van der Waals surface area contributed by atoms with Crippen LogP contribution in [0.1, 0.15) is 44.5 Å². The summed E-state index contributed by atoms with van der Waals surface area (Å²) in [6, 6.07) is 16.3. The Morgan fingerprint density at radius 1 is 1.03 bits per heavy atom. The fourth-order valence-electron chi connectivity index (χ4n) is 3.86. The lowest BCUT2D eigenvalue weighted by Gasteiger charge is -2.09. The monoisotopic (exact) mass is 443 g/mol. The number of hydrogen-bond donors (Lipinski definition) is 1. The highest BCUT2D eigenvalue weighted by Crippen LogP contribution is 2.29. The van der Waals surface area contributed by atoms with E-state index in [1.165, 1.54) is 0 Å². The van der Waals surface area contributed by atoms with Crippen molar-refractivity contribution in [3.8, 4) is 22.5 Å². The lowest BCUT2D eigenvalue weighted by molar-refractivity contribution is 0.530. The Hall–Kier alpha value is -3.81. The summed E-state index contributed by atoms with van der Waals surface area (Å²) in [5.41, 5.74) is 4.04. The number of benzene rings is 2. The van der Waals surface area contributed by atoms with Crippen molar-refractivity contribution in [1.29, 1.82) is 0 Å². The van der Waals surface area contributed by atoms with Crippen LogP contribution in [0.5, 0.6) is 0 Å². The Morgan fingerprint density at radius 2 is 1.82 bits per heavy atom. The first kappa shape index (κ1) is 22.4. The van der Waals surface area contributed by atoms with Crippen molar-refractivity contribution in [3.05, 3.63) is 82.6 Å². The van der Waals surface area contributed by atoms with Crippen molar-refractivity contribution in [2.75, 3.05) is 0 Å². The molecule has 0 saturated carbocycles. The van der Waals surface area contributed by atoms with Gasteiger partial charge in [0.15, 0.2) is 5.82 Å². The second-order valence-electron chi connectivity index (χ2n) is 7.98. The van der Waals surface area contributed by atoms with Crippen molar-refractivity contribution in [2.24, 2.45) is 0 Å². The molecular formula is C25H29N7O. The largest absolute Gasteiger partial charge is 0.346 e. The zero-order valence-electron chi connectivity index (χ0n) is 19.1. The van der Waals surface area contributed by atoms with Crippen LogP contribution in [0.2, 0.25) is 0 Å². The number of nitrogens with one attached hydrogen (secondary N) is 1. The van der Waals surface area contributed by atoms with Gasteiger partial charge in [0.25, 0.3) is 0 Å². The van der Waals surface area contributed by atoms with Crippen molar-refractivity contribution in [3.63, 3.8) is 0 Å². The van der Waals surface area contributed by atoms with Gasteiger partial charge in [-0.25, -0.2) is 14.6 Å². The van der Waals surface area contributed by atoms with Gasteiger partial charge in [0.2, 0.25) is 0 Å². The first-order chi connectivity index (χ1) is 16.2. The van der Waals surface area contributed by atoms with Gasteiger partial charge in [0.1, 0.15) is 5.82 Å². The molecule has 0 aliphatic heterocycles. The summed E-state index contributed by atoms with van der Waals surface area (Å²) in [4.78, 5) is 13.0. The average molecular weight is 444 g/mol. The molecule has 1 N–H and O–H groups in total. The van der Waals surface area contributed by atoms with E-state index in [2.05, 4.69) is 56.9 Å². The molecule has 4 aromatic rings. The van der Waals surface area contributed by atoms with Gasteiger partial charge >= 0.3 is 5.69 Å². The summed E-state index contributed by atoms with van der Waals surface area (Å²) in [6.07, 6.45) is 7.84. The molecule has 170 valence electrons. The number of rotatable bonds is 10. The fourth-order valence-corrected chi connectivity index (χ4v) is 3.86. The molecule has 8 nitrogen and oxygen atoms in total. The summed E-state index contributed by atoms with van der Waals surface area (Å²) in [5, 5.41) is 18.9. The minimum Gasteiger partial charge on any atom is -0.274 e. The van der Waals surface area contributed by atoms with E-state index in [1.807, 2.05) is 43.3 Å². The first-order valence-electron chi connectivity index (χ1n) is 11.4. The van der Waals surface area contributed by atoms with Gasteiger partial charge in [-0.1, -0.05) is 80.4 Å². The van der Waals surface area contributed by atoms with Crippen molar-refractivity contribution in [2.45, 2.75) is 52.6 Å². The second-order valence-corrected chi connectivity index (χ2v) is 7.98. The molecule has 2 heterocycles. The number of hydrogen-bond acceptors (Lipinski definition) is 5. The van der Waals surface area contributed by atoms with Crippen LogP contribution in [0.15, 0.2) is 65.5 Å². The Balaban J connectivity index is 1.59. The summed E-state index contributed by atoms with van der Waals surface area (Å²) >= 11 is 0. The molecule has 0 bridgehead atoms. The minimum absolute atomic E-state index is 0.0437. The quantitative estimate of drug-likeness (QED) is 0.292. The zero-order valence-corrected chi connectivity index (χ0v) is 19.1. The van der Waals surface area contributed by atoms with E-state index < -0.39 is 0 Å². The maximum atomic E-state index is 13.0. The Labute approximate surface area is 193 Å². The van der Waals surface area contributed by atoms with E-state index >= 15 is 0 Å². The molecule has 0 fully saturated rings. The third-order valence-corrected chi connectivity index (χ3v) is 5.64. The highest BCUT2D eigenvalue weighted by Gasteiger charge is 2.14. The highest BCUT2D eigenvalue weighted by atomic mass is 16.2. The molecular weight excluding hydrogens is 414 g/mol. The predicted octanol–water partition coefficient (Wildman–Crippen LogP) is 4.25. The fraction of sp³-hybridized carbons (Fsp3) is 0.320. The number of unbranched alkanes of at least 4 members (excludes halogenated alkanes) is 2. The van der Waals surface area contributed by atoms with Crippen molar-refractivity contribution >= 4 is 0 Å². The van der Waals surface area contributed by atoms with Gasteiger partial charge in [-0.2, -0.15) is 5.10 Å². The lowest BCUT2D eigenvalue weighted by atomic mass is 9.98. The van der Waals surface area contributed by atoms with E-state index in [9.17, 15) is 4.79 Å². The number of allylic oxidation sites excluding steroid dienone is 2. The molecule has 0 spiro atoms. The summed E-state index contributed by atoms with van der Waals surface area (Å²) in [5.74, 6) is 1.42. The molecule has 0 radical (unpaired) electrons. The van der Waals surface area contributed by atoms with Crippen LogP contribution in [-0.2, 0) is 19.5 Å². The molecule has 4 rings (SSSR count). The second kappa shape index (κ2) is 10.7. The standard InChI is InChI=1S/C25H29N7O/c1-3-5-9-17-32-25(33)31(23(28-32)12-6-4-2)18-19-13-15-20(16-14-19)21-10-7-8-11-22(21)24-26-29-30-27-24/h4,6-8,10-11,13-16H,3,5,9,12,17-18H2,1-2H3,(H,26,27,29,30). The minimum atomic E-state index is -0.0437. The highest BCUT2D eigenvalue weighted by molar-refractivity contribution is 5.80. The lowest BCUT2D eigenvalue weighted by Crippen LogP contribution is -2.26. The molecule has 0 unspecified atom stereocenters. The Kier molecular flexibility index (Phi) is 7.24. The number of tetrazole rings is 1. The van der Waals surface area contributed by atoms with Gasteiger partial charge in [-0.15, -0.1) is 5.10 Å². The molecule has 0 amide bonds. The number of aromatic amines is 1. The van der Waals surface area contributed by atoms with Gasteiger partial charge in [-0.3, -0.25) is 4.57 Å². The number of nitrogens with zero attached hydrogens (tertiary/aromatic N) is 6. The van der Waals surface area contributed by atoms with E-state index in [1.54, 1.807) is 9.25 Å². The van der Waals surface area contributed by atoms with Crippen LogP contribution in [0, 0.1) is 0 Å². The van der Waals surface area contributed by atoms with Crippen LogP contribution in [0.25, 0.3) is 22.5 Å². The van der Waals surface area contributed by atoms with Gasteiger partial charge in [0.05, 0.1) is 6.54 Å². The van der Waals surface area contributed by atoms with E-state index in [4.69, 9.17) is 0 Å². The summed E-state index contributed by atoms with van der Waals surface area (Å²) in [6.45, 7) is 5.29. The maximum Gasteiger partial charge on any atom is 0.346 e. The van der Waals surface area contributed by atoms with Crippen molar-refractivity contribution in [1.82, 2.24) is 35.0 Å². The third-order valence-electron chi connectivity index (χ3n) is 5.64. The summed E-state index contributed by atoms with van der Waals surface area (Å²) in [7, 11) is 0. The molecule has 2 aromatic carbocycles. The smallest absolute Gasteiger partial charge is 0.274 e. The van der Waals surface area contributed by atoms with Gasteiger partial charge in [0, 0.05) is 18.5 Å². The van der Waals surface area contributed by atoms with Gasteiger partial charge < -0.3 is 0 Å². The van der Waals surface area contributed by atoms with Crippen LogP contribution in [0.3, 0.4) is 0 Å². The van der Waals surface area contributed by atoms with E-state index in [0.29, 0.717) is 25.3 Å². The van der Waals surface area contributed by atoms with Crippen LogP contribution < -0.4 is 5.69 Å². The number of aryl methyl sites for hydroxylation is 1. The van der Waals surface area contributed by atoms with Crippen molar-refractivity contribution < 1.29 is 0 Å². The Bertz CT molecular complexity index is 1250. The van der Waals surface area contributed by atoms with E-state index in [-0.39, 0.29) is 5.69 Å². The third kappa shape index (κ3) is 5.16. The number of H-pyrrole nitrogens is 1.